The molecule has 2 aromatic rings. The second-order valence-electron chi connectivity index (χ2n) is 5.80. The number of aromatic nitrogens is 2. The van der Waals surface area contributed by atoms with Crippen LogP contribution in [0.4, 0.5) is 11.6 Å². The van der Waals surface area contributed by atoms with E-state index in [1.807, 2.05) is 18.2 Å². The zero-order chi connectivity index (χ0) is 14.2. The third-order valence-electron chi connectivity index (χ3n) is 4.35. The van der Waals surface area contributed by atoms with E-state index >= 15 is 0 Å². The molecule has 21 heavy (non-hydrogen) atoms. The summed E-state index contributed by atoms with van der Waals surface area (Å²) in [5.41, 5.74) is 4.49. The quantitative estimate of drug-likeness (QED) is 0.844. The molecular weight excluding hydrogens is 284 g/mol. The second-order valence-corrected chi connectivity index (χ2v) is 6.24. The number of rotatable bonds is 1. The maximum absolute atomic E-state index is 6.18. The maximum Gasteiger partial charge on any atom is 0.203 e. The third-order valence-corrected chi connectivity index (χ3v) is 4.58. The summed E-state index contributed by atoms with van der Waals surface area (Å²) < 4.78 is 0. The molecule has 0 saturated carbocycles. The molecule has 2 N–H and O–H groups in total. The van der Waals surface area contributed by atoms with Gasteiger partial charge in [0.1, 0.15) is 0 Å². The molecule has 4 nitrogen and oxygen atoms in total. The monoisotopic (exact) mass is 302 g/mol. The summed E-state index contributed by atoms with van der Waals surface area (Å²) in [5.74, 6) is 1.02. The number of hydrogen-bond donors (Lipinski definition) is 2. The molecular formula is C16H19ClN4. The van der Waals surface area contributed by atoms with E-state index < -0.39 is 0 Å². The summed E-state index contributed by atoms with van der Waals surface area (Å²) in [5, 5.41) is 4.21. The number of piperidine rings is 1. The van der Waals surface area contributed by atoms with Crippen molar-refractivity contribution in [2.24, 2.45) is 0 Å². The molecule has 4 rings (SSSR count). The van der Waals surface area contributed by atoms with E-state index in [1.165, 1.54) is 25.0 Å². The lowest BCUT2D eigenvalue weighted by molar-refractivity contribution is 0.569. The first-order valence-corrected chi connectivity index (χ1v) is 8.07. The van der Waals surface area contributed by atoms with Gasteiger partial charge in [0.25, 0.3) is 0 Å². The molecule has 5 heteroatoms. The largest absolute Gasteiger partial charge is 0.384 e. The molecule has 1 fully saturated rings. The number of nitrogens with one attached hydrogen (secondary N) is 2. The highest BCUT2D eigenvalue weighted by atomic mass is 35.5. The molecule has 0 aliphatic carbocycles. The Morgan fingerprint density at radius 2 is 2.00 bits per heavy atom. The minimum absolute atomic E-state index is 0.755. The lowest BCUT2D eigenvalue weighted by atomic mass is 10.1. The van der Waals surface area contributed by atoms with Crippen LogP contribution in [0.3, 0.4) is 0 Å². The molecule has 110 valence electrons. The van der Waals surface area contributed by atoms with Gasteiger partial charge in [0.2, 0.25) is 5.95 Å². The molecule has 0 bridgehead atoms. The van der Waals surface area contributed by atoms with Crippen molar-refractivity contribution >= 4 is 23.2 Å². The van der Waals surface area contributed by atoms with Crippen molar-refractivity contribution in [2.45, 2.75) is 25.7 Å². The van der Waals surface area contributed by atoms with E-state index in [0.717, 1.165) is 54.0 Å². The lowest BCUT2D eigenvalue weighted by Gasteiger charge is -2.26. The van der Waals surface area contributed by atoms with Gasteiger partial charge in [-0.25, -0.2) is 4.98 Å². The van der Waals surface area contributed by atoms with Crippen molar-refractivity contribution in [3.63, 3.8) is 0 Å². The highest BCUT2D eigenvalue weighted by Gasteiger charge is 2.22. The number of anilines is 2. The number of fused-ring (bicyclic) bond motifs is 3. The van der Waals surface area contributed by atoms with Gasteiger partial charge in [-0.1, -0.05) is 11.6 Å². The number of hydrogen-bond acceptors (Lipinski definition) is 3. The van der Waals surface area contributed by atoms with Gasteiger partial charge in [-0.2, -0.15) is 0 Å². The highest BCUT2D eigenvalue weighted by Crippen LogP contribution is 2.35. The Morgan fingerprint density at radius 1 is 1.14 bits per heavy atom. The van der Waals surface area contributed by atoms with Gasteiger partial charge < -0.3 is 15.2 Å². The first kappa shape index (κ1) is 13.0. The Balaban J connectivity index is 1.77. The molecule has 0 amide bonds. The minimum Gasteiger partial charge on any atom is -0.384 e. The number of benzene rings is 1. The van der Waals surface area contributed by atoms with E-state index in [4.69, 9.17) is 16.6 Å². The van der Waals surface area contributed by atoms with Crippen LogP contribution in [0.5, 0.6) is 0 Å². The lowest BCUT2D eigenvalue weighted by Crippen LogP contribution is -2.30. The van der Waals surface area contributed by atoms with Crippen molar-refractivity contribution < 1.29 is 0 Å². The van der Waals surface area contributed by atoms with Crippen molar-refractivity contribution in [1.29, 1.82) is 0 Å². The number of H-pyrrole nitrogens is 1. The van der Waals surface area contributed by atoms with Crippen LogP contribution in [-0.4, -0.2) is 29.6 Å². The van der Waals surface area contributed by atoms with Crippen LogP contribution in [0, 0.1) is 0 Å². The van der Waals surface area contributed by atoms with Crippen LogP contribution in [-0.2, 0) is 6.42 Å². The maximum atomic E-state index is 6.18. The molecule has 2 aliphatic heterocycles. The van der Waals surface area contributed by atoms with E-state index in [0.29, 0.717) is 0 Å². The Labute approximate surface area is 129 Å². The second kappa shape index (κ2) is 5.26. The van der Waals surface area contributed by atoms with E-state index in [2.05, 4.69) is 15.2 Å². The van der Waals surface area contributed by atoms with Crippen molar-refractivity contribution in [2.75, 3.05) is 29.9 Å². The molecule has 2 aliphatic rings. The van der Waals surface area contributed by atoms with Crippen LogP contribution in [0.1, 0.15) is 25.0 Å². The zero-order valence-electron chi connectivity index (χ0n) is 12.0. The molecule has 1 aromatic heterocycles. The fourth-order valence-electron chi connectivity index (χ4n) is 3.24. The Kier molecular flexibility index (Phi) is 3.26. The van der Waals surface area contributed by atoms with Crippen LogP contribution in [0.15, 0.2) is 18.2 Å². The molecule has 1 aromatic carbocycles. The number of nitrogens with zero attached hydrogens (tertiary/aromatic N) is 2. The highest BCUT2D eigenvalue weighted by molar-refractivity contribution is 6.31. The van der Waals surface area contributed by atoms with Gasteiger partial charge in [-0.3, -0.25) is 0 Å². The summed E-state index contributed by atoms with van der Waals surface area (Å²) in [4.78, 5) is 10.8. The van der Waals surface area contributed by atoms with Gasteiger partial charge in [0.15, 0.2) is 0 Å². The summed E-state index contributed by atoms with van der Waals surface area (Å²) in [6.07, 6.45) is 4.81. The summed E-state index contributed by atoms with van der Waals surface area (Å²) in [6, 6.07) is 5.98. The first-order chi connectivity index (χ1) is 10.3. The molecule has 3 heterocycles. The van der Waals surface area contributed by atoms with E-state index in [9.17, 15) is 0 Å². The van der Waals surface area contributed by atoms with E-state index in [1.54, 1.807) is 0 Å². The number of aromatic amines is 1. The number of imidazole rings is 1. The SMILES string of the molecule is Clc1ccc2c(c1)-c1nc(N3CCCCC3)[nH]c1CCN2. The average molecular weight is 303 g/mol. The van der Waals surface area contributed by atoms with E-state index in [-0.39, 0.29) is 0 Å². The summed E-state index contributed by atoms with van der Waals surface area (Å²) in [6.45, 7) is 3.13. The fourth-order valence-corrected chi connectivity index (χ4v) is 3.42. The van der Waals surface area contributed by atoms with Crippen molar-refractivity contribution in [3.05, 3.63) is 28.9 Å². The smallest absolute Gasteiger partial charge is 0.203 e. The Morgan fingerprint density at radius 3 is 2.86 bits per heavy atom. The Hall–Kier alpha value is -1.68. The average Bonchev–Trinajstić information content (AvgIpc) is 2.87. The van der Waals surface area contributed by atoms with Crippen LogP contribution < -0.4 is 10.2 Å². The predicted octanol–water partition coefficient (Wildman–Crippen LogP) is 3.69. The standard InChI is InChI=1S/C16H19ClN4/c17-11-4-5-13-12(10-11)15-14(6-7-18-13)19-16(20-15)21-8-2-1-3-9-21/h4-5,10,18H,1-3,6-9H2,(H,19,20). The van der Waals surface area contributed by atoms with Gasteiger partial charge in [-0.15, -0.1) is 0 Å². The molecule has 0 unspecified atom stereocenters. The fraction of sp³-hybridized carbons (Fsp3) is 0.438. The van der Waals surface area contributed by atoms with Crippen LogP contribution in [0.25, 0.3) is 11.3 Å². The summed E-state index contributed by atoms with van der Waals surface area (Å²) in [7, 11) is 0. The first-order valence-electron chi connectivity index (χ1n) is 7.69. The molecule has 1 saturated heterocycles. The van der Waals surface area contributed by atoms with Crippen molar-refractivity contribution in [1.82, 2.24) is 9.97 Å². The van der Waals surface area contributed by atoms with Crippen LogP contribution >= 0.6 is 11.6 Å². The molecule has 0 spiro atoms. The number of halogens is 1. The normalized spacial score (nSPS) is 17.7. The van der Waals surface area contributed by atoms with Crippen molar-refractivity contribution in [3.8, 4) is 11.3 Å². The predicted molar refractivity (Wildman–Crippen MR) is 87.3 cm³/mol. The van der Waals surface area contributed by atoms with Gasteiger partial charge in [0, 0.05) is 48.0 Å². The van der Waals surface area contributed by atoms with Crippen LogP contribution in [0.2, 0.25) is 5.02 Å². The topological polar surface area (TPSA) is 44.0 Å². The summed E-state index contributed by atoms with van der Waals surface area (Å²) >= 11 is 6.18. The Bertz CT molecular complexity index is 658. The minimum atomic E-state index is 0.755. The van der Waals surface area contributed by atoms with Gasteiger partial charge >= 0.3 is 0 Å². The zero-order valence-corrected chi connectivity index (χ0v) is 12.7. The molecule has 0 radical (unpaired) electrons. The van der Waals surface area contributed by atoms with Gasteiger partial charge in [-0.05, 0) is 37.5 Å². The third kappa shape index (κ3) is 2.38. The molecule has 0 atom stereocenters. The van der Waals surface area contributed by atoms with Gasteiger partial charge in [0.05, 0.1) is 5.69 Å².